The molecule has 0 aliphatic carbocycles. The van der Waals surface area contributed by atoms with E-state index < -0.39 is 0 Å². The van der Waals surface area contributed by atoms with E-state index in [2.05, 4.69) is 30.1 Å². The molecule has 0 saturated carbocycles. The molecule has 21 heavy (non-hydrogen) atoms. The fourth-order valence-corrected chi connectivity index (χ4v) is 3.25. The van der Waals surface area contributed by atoms with Crippen molar-refractivity contribution in [1.82, 2.24) is 4.90 Å². The number of anilines is 1. The second-order valence-corrected chi connectivity index (χ2v) is 5.79. The van der Waals surface area contributed by atoms with Crippen molar-refractivity contribution in [2.75, 3.05) is 5.32 Å². The molecule has 2 rings (SSSR count). The lowest BCUT2D eigenvalue weighted by Gasteiger charge is -2.32. The highest BCUT2D eigenvalue weighted by atomic mass is 16.2. The summed E-state index contributed by atoms with van der Waals surface area (Å²) in [6.07, 6.45) is 3.39. The van der Waals surface area contributed by atoms with E-state index in [4.69, 9.17) is 5.26 Å². The summed E-state index contributed by atoms with van der Waals surface area (Å²) in [6.45, 7) is 6.33. The number of carbonyl (C=O) groups is 1. The highest BCUT2D eigenvalue weighted by molar-refractivity contribution is 5.94. The molecular formula is C17H23N3O. The van der Waals surface area contributed by atoms with Gasteiger partial charge in [-0.15, -0.1) is 0 Å². The van der Waals surface area contributed by atoms with Gasteiger partial charge in [0.2, 0.25) is 5.91 Å². The molecule has 1 amide bonds. The van der Waals surface area contributed by atoms with Gasteiger partial charge in [0.1, 0.15) is 0 Å². The number of nitriles is 1. The Hall–Kier alpha value is -1.86. The van der Waals surface area contributed by atoms with Gasteiger partial charge in [-0.05, 0) is 51.3 Å². The van der Waals surface area contributed by atoms with Crippen molar-refractivity contribution in [3.05, 3.63) is 29.8 Å². The number of nitrogens with zero attached hydrogens (tertiary/aromatic N) is 2. The van der Waals surface area contributed by atoms with Gasteiger partial charge in [0.25, 0.3) is 0 Å². The molecule has 0 radical (unpaired) electrons. The zero-order chi connectivity index (χ0) is 15.4. The van der Waals surface area contributed by atoms with Crippen molar-refractivity contribution in [2.24, 2.45) is 0 Å². The number of hydrogen-bond acceptors (Lipinski definition) is 3. The summed E-state index contributed by atoms with van der Waals surface area (Å²) in [6, 6.07) is 9.90. The van der Waals surface area contributed by atoms with E-state index in [1.54, 1.807) is 18.2 Å². The van der Waals surface area contributed by atoms with Crippen molar-refractivity contribution in [3.63, 3.8) is 0 Å². The standard InChI is InChI=1S/C17H23N3O/c1-4-16-9-8-12(2)20(16)13(3)17(21)19-15-7-5-6-14(10-15)11-18/h5-7,10,12-13,16H,4,8-9H2,1-3H3,(H,19,21). The van der Waals surface area contributed by atoms with Crippen molar-refractivity contribution in [2.45, 2.75) is 58.2 Å². The Morgan fingerprint density at radius 1 is 1.52 bits per heavy atom. The molecule has 1 aromatic rings. The quantitative estimate of drug-likeness (QED) is 0.924. The smallest absolute Gasteiger partial charge is 0.241 e. The molecule has 0 aromatic heterocycles. The zero-order valence-corrected chi connectivity index (χ0v) is 13.0. The van der Waals surface area contributed by atoms with E-state index in [1.165, 1.54) is 6.42 Å². The Labute approximate surface area is 126 Å². The molecule has 1 fully saturated rings. The lowest BCUT2D eigenvalue weighted by molar-refractivity contribution is -0.121. The SMILES string of the molecule is CCC1CCC(C)N1C(C)C(=O)Nc1cccc(C#N)c1. The Bertz CT molecular complexity index is 549. The summed E-state index contributed by atoms with van der Waals surface area (Å²) in [4.78, 5) is 14.8. The van der Waals surface area contributed by atoms with Crippen LogP contribution in [0, 0.1) is 11.3 Å². The number of benzene rings is 1. The molecular weight excluding hydrogens is 262 g/mol. The van der Waals surface area contributed by atoms with Crippen molar-refractivity contribution >= 4 is 11.6 Å². The first-order chi connectivity index (χ1) is 10.1. The van der Waals surface area contributed by atoms with Crippen LogP contribution in [0.2, 0.25) is 0 Å². The molecule has 4 heteroatoms. The number of nitrogens with one attached hydrogen (secondary N) is 1. The van der Waals surface area contributed by atoms with Gasteiger partial charge >= 0.3 is 0 Å². The van der Waals surface area contributed by atoms with Gasteiger partial charge in [0, 0.05) is 17.8 Å². The Morgan fingerprint density at radius 2 is 2.29 bits per heavy atom. The van der Waals surface area contributed by atoms with Gasteiger partial charge in [-0.1, -0.05) is 13.0 Å². The molecule has 4 nitrogen and oxygen atoms in total. The van der Waals surface area contributed by atoms with Gasteiger partial charge in [-0.2, -0.15) is 5.26 Å². The molecule has 3 atom stereocenters. The van der Waals surface area contributed by atoms with Crippen LogP contribution in [0.1, 0.15) is 45.6 Å². The largest absolute Gasteiger partial charge is 0.325 e. The molecule has 1 heterocycles. The van der Waals surface area contributed by atoms with E-state index in [0.717, 1.165) is 12.8 Å². The molecule has 1 aliphatic heterocycles. The first-order valence-electron chi connectivity index (χ1n) is 7.65. The Morgan fingerprint density at radius 3 is 2.95 bits per heavy atom. The summed E-state index contributed by atoms with van der Waals surface area (Å²) >= 11 is 0. The van der Waals surface area contributed by atoms with E-state index in [-0.39, 0.29) is 11.9 Å². The van der Waals surface area contributed by atoms with Crippen LogP contribution < -0.4 is 5.32 Å². The molecule has 0 spiro atoms. The average Bonchev–Trinajstić information content (AvgIpc) is 2.87. The minimum absolute atomic E-state index is 0.00251. The van der Waals surface area contributed by atoms with E-state index in [9.17, 15) is 4.79 Å². The van der Waals surface area contributed by atoms with Gasteiger partial charge < -0.3 is 5.32 Å². The maximum atomic E-state index is 12.5. The van der Waals surface area contributed by atoms with Crippen LogP contribution in [0.5, 0.6) is 0 Å². The zero-order valence-electron chi connectivity index (χ0n) is 13.0. The number of hydrogen-bond donors (Lipinski definition) is 1. The fourth-order valence-electron chi connectivity index (χ4n) is 3.25. The Balaban J connectivity index is 2.07. The number of rotatable bonds is 4. The van der Waals surface area contributed by atoms with Crippen molar-refractivity contribution in [3.8, 4) is 6.07 Å². The fraction of sp³-hybridized carbons (Fsp3) is 0.529. The monoisotopic (exact) mass is 285 g/mol. The van der Waals surface area contributed by atoms with Gasteiger partial charge in [0.05, 0.1) is 17.7 Å². The third-order valence-electron chi connectivity index (χ3n) is 4.41. The van der Waals surface area contributed by atoms with Crippen LogP contribution in [0.3, 0.4) is 0 Å². The summed E-state index contributed by atoms with van der Waals surface area (Å²) in [7, 11) is 0. The second kappa shape index (κ2) is 6.73. The van der Waals surface area contributed by atoms with Crippen LogP contribution in [-0.4, -0.2) is 28.9 Å². The van der Waals surface area contributed by atoms with Crippen molar-refractivity contribution in [1.29, 1.82) is 5.26 Å². The highest BCUT2D eigenvalue weighted by Gasteiger charge is 2.35. The summed E-state index contributed by atoms with van der Waals surface area (Å²) < 4.78 is 0. The third-order valence-corrected chi connectivity index (χ3v) is 4.41. The predicted octanol–water partition coefficient (Wildman–Crippen LogP) is 3.15. The number of carbonyl (C=O) groups excluding carboxylic acids is 1. The normalized spacial score (nSPS) is 23.5. The molecule has 0 bridgehead atoms. The minimum Gasteiger partial charge on any atom is -0.325 e. The summed E-state index contributed by atoms with van der Waals surface area (Å²) in [5, 5.41) is 11.8. The molecule has 1 aromatic carbocycles. The highest BCUT2D eigenvalue weighted by Crippen LogP contribution is 2.28. The molecule has 1 N–H and O–H groups in total. The maximum Gasteiger partial charge on any atom is 0.241 e. The minimum atomic E-state index is -0.154. The molecule has 112 valence electrons. The number of likely N-dealkylation sites (tertiary alicyclic amines) is 1. The van der Waals surface area contributed by atoms with E-state index >= 15 is 0 Å². The lowest BCUT2D eigenvalue weighted by Crippen LogP contribution is -2.47. The first-order valence-corrected chi connectivity index (χ1v) is 7.65. The second-order valence-electron chi connectivity index (χ2n) is 5.79. The van der Waals surface area contributed by atoms with Crippen LogP contribution in [0.4, 0.5) is 5.69 Å². The van der Waals surface area contributed by atoms with Crippen LogP contribution in [0.25, 0.3) is 0 Å². The molecule has 1 aliphatic rings. The van der Waals surface area contributed by atoms with E-state index in [0.29, 0.717) is 23.3 Å². The topological polar surface area (TPSA) is 56.1 Å². The Kier molecular flexibility index (Phi) is 4.98. The summed E-state index contributed by atoms with van der Waals surface area (Å²) in [5.41, 5.74) is 1.24. The molecule has 1 saturated heterocycles. The maximum absolute atomic E-state index is 12.5. The average molecular weight is 285 g/mol. The van der Waals surface area contributed by atoms with E-state index in [1.807, 2.05) is 13.0 Å². The molecule has 3 unspecified atom stereocenters. The van der Waals surface area contributed by atoms with Crippen LogP contribution in [-0.2, 0) is 4.79 Å². The van der Waals surface area contributed by atoms with Gasteiger partial charge in [-0.25, -0.2) is 0 Å². The number of amides is 1. The van der Waals surface area contributed by atoms with Crippen LogP contribution in [0.15, 0.2) is 24.3 Å². The predicted molar refractivity (Wildman–Crippen MR) is 83.9 cm³/mol. The lowest BCUT2D eigenvalue weighted by atomic mass is 10.1. The first kappa shape index (κ1) is 15.5. The van der Waals surface area contributed by atoms with Crippen LogP contribution >= 0.6 is 0 Å². The summed E-state index contributed by atoms with van der Waals surface area (Å²) in [5.74, 6) is -0.00251. The third kappa shape index (κ3) is 3.43. The van der Waals surface area contributed by atoms with Gasteiger partial charge in [-0.3, -0.25) is 9.69 Å². The van der Waals surface area contributed by atoms with Crippen molar-refractivity contribution < 1.29 is 4.79 Å². The van der Waals surface area contributed by atoms with Gasteiger partial charge in [0.15, 0.2) is 0 Å².